The van der Waals surface area contributed by atoms with Crippen LogP contribution in [-0.4, -0.2) is 36.9 Å². The fraction of sp³-hybridized carbons (Fsp3) is 0.348. The quantitative estimate of drug-likeness (QED) is 0.528. The Kier molecular flexibility index (Phi) is 7.61. The SMILES string of the molecule is COc1ccc(-c2noc([C@@H](NC(=O)COCc3ccccc3)C(C)C)n2)cc1OC. The number of carbonyl (C=O) groups is 1. The molecule has 0 unspecified atom stereocenters. The molecule has 0 saturated carbocycles. The van der Waals surface area contributed by atoms with Gasteiger partial charge in [-0.1, -0.05) is 49.3 Å². The van der Waals surface area contributed by atoms with Crippen LogP contribution in [0.3, 0.4) is 0 Å². The maximum absolute atomic E-state index is 12.4. The molecule has 3 aromatic rings. The summed E-state index contributed by atoms with van der Waals surface area (Å²) in [7, 11) is 3.14. The van der Waals surface area contributed by atoms with Gasteiger partial charge in [0.1, 0.15) is 12.6 Å². The Bertz CT molecular complexity index is 988. The topological polar surface area (TPSA) is 95.7 Å². The third-order valence-corrected chi connectivity index (χ3v) is 4.68. The molecule has 2 aromatic carbocycles. The molecule has 0 spiro atoms. The van der Waals surface area contributed by atoms with Crippen molar-refractivity contribution in [1.29, 1.82) is 0 Å². The zero-order valence-electron chi connectivity index (χ0n) is 18.1. The predicted molar refractivity (Wildman–Crippen MR) is 115 cm³/mol. The molecule has 1 amide bonds. The van der Waals surface area contributed by atoms with Crippen molar-refractivity contribution in [1.82, 2.24) is 15.5 Å². The molecule has 1 aromatic heterocycles. The minimum Gasteiger partial charge on any atom is -0.493 e. The molecule has 0 fully saturated rings. The number of aromatic nitrogens is 2. The van der Waals surface area contributed by atoms with Crippen molar-refractivity contribution in [2.75, 3.05) is 20.8 Å². The summed E-state index contributed by atoms with van der Waals surface area (Å²) in [4.78, 5) is 16.9. The number of benzene rings is 2. The van der Waals surface area contributed by atoms with Crippen molar-refractivity contribution >= 4 is 5.91 Å². The summed E-state index contributed by atoms with van der Waals surface area (Å²) in [5.41, 5.74) is 1.72. The van der Waals surface area contributed by atoms with Gasteiger partial charge in [0.25, 0.3) is 0 Å². The summed E-state index contributed by atoms with van der Waals surface area (Å²) >= 11 is 0. The van der Waals surface area contributed by atoms with Crippen LogP contribution in [0.15, 0.2) is 53.1 Å². The van der Waals surface area contributed by atoms with Gasteiger partial charge in [-0.25, -0.2) is 0 Å². The van der Waals surface area contributed by atoms with Gasteiger partial charge in [-0.2, -0.15) is 4.98 Å². The summed E-state index contributed by atoms with van der Waals surface area (Å²) < 4.78 is 21.6. The number of hydrogen-bond donors (Lipinski definition) is 1. The summed E-state index contributed by atoms with van der Waals surface area (Å²) in [5.74, 6) is 1.69. The lowest BCUT2D eigenvalue weighted by Crippen LogP contribution is -2.34. The lowest BCUT2D eigenvalue weighted by molar-refractivity contribution is -0.127. The number of amides is 1. The van der Waals surface area contributed by atoms with E-state index in [0.717, 1.165) is 5.56 Å². The minimum absolute atomic E-state index is 0.0387. The first-order valence-electron chi connectivity index (χ1n) is 9.98. The van der Waals surface area contributed by atoms with Crippen LogP contribution in [0.1, 0.15) is 31.3 Å². The lowest BCUT2D eigenvalue weighted by atomic mass is 10.0. The number of nitrogens with zero attached hydrogens (tertiary/aromatic N) is 2. The van der Waals surface area contributed by atoms with Gasteiger partial charge in [0.2, 0.25) is 17.6 Å². The molecule has 8 nitrogen and oxygen atoms in total. The molecule has 0 aliphatic rings. The highest BCUT2D eigenvalue weighted by Gasteiger charge is 2.25. The third-order valence-electron chi connectivity index (χ3n) is 4.68. The largest absolute Gasteiger partial charge is 0.493 e. The van der Waals surface area contributed by atoms with Crippen molar-refractivity contribution in [2.24, 2.45) is 5.92 Å². The Labute approximate surface area is 181 Å². The number of nitrogens with one attached hydrogen (secondary N) is 1. The molecule has 164 valence electrons. The van der Waals surface area contributed by atoms with E-state index in [9.17, 15) is 4.79 Å². The van der Waals surface area contributed by atoms with E-state index in [0.29, 0.717) is 35.4 Å². The second kappa shape index (κ2) is 10.6. The predicted octanol–water partition coefficient (Wildman–Crippen LogP) is 3.78. The molecule has 31 heavy (non-hydrogen) atoms. The summed E-state index contributed by atoms with van der Waals surface area (Å²) in [6, 6.07) is 14.6. The van der Waals surface area contributed by atoms with Crippen molar-refractivity contribution in [3.63, 3.8) is 0 Å². The molecule has 0 aliphatic heterocycles. The second-order valence-electron chi connectivity index (χ2n) is 7.29. The van der Waals surface area contributed by atoms with Crippen LogP contribution in [0, 0.1) is 5.92 Å². The molecule has 0 bridgehead atoms. The first-order valence-corrected chi connectivity index (χ1v) is 9.98. The molecule has 8 heteroatoms. The number of hydrogen-bond acceptors (Lipinski definition) is 7. The standard InChI is InChI=1S/C23H27N3O5/c1-15(2)21(24-20(27)14-30-13-16-8-6-5-7-9-16)23-25-22(26-31-23)17-10-11-18(28-3)19(12-17)29-4/h5-12,15,21H,13-14H2,1-4H3,(H,24,27)/t21-/m0/s1. The molecule has 3 rings (SSSR count). The van der Waals surface area contributed by atoms with Crippen LogP contribution in [0.25, 0.3) is 11.4 Å². The molecular weight excluding hydrogens is 398 g/mol. The van der Waals surface area contributed by atoms with E-state index in [-0.39, 0.29) is 18.4 Å². The van der Waals surface area contributed by atoms with E-state index < -0.39 is 6.04 Å². The Hall–Kier alpha value is -3.39. The van der Waals surface area contributed by atoms with Crippen LogP contribution in [0.2, 0.25) is 0 Å². The van der Waals surface area contributed by atoms with Crippen molar-refractivity contribution in [2.45, 2.75) is 26.5 Å². The molecule has 0 saturated heterocycles. The van der Waals surface area contributed by atoms with Gasteiger partial charge in [-0.15, -0.1) is 0 Å². The molecule has 1 heterocycles. The Morgan fingerprint density at radius 2 is 1.81 bits per heavy atom. The first kappa shape index (κ1) is 22.3. The highest BCUT2D eigenvalue weighted by atomic mass is 16.5. The molecule has 0 radical (unpaired) electrons. The van der Waals surface area contributed by atoms with Crippen LogP contribution in [0.5, 0.6) is 11.5 Å². The van der Waals surface area contributed by atoms with E-state index >= 15 is 0 Å². The molecule has 1 N–H and O–H groups in total. The highest BCUT2D eigenvalue weighted by molar-refractivity contribution is 5.77. The average Bonchev–Trinajstić information content (AvgIpc) is 3.27. The normalized spacial score (nSPS) is 11.9. The number of ether oxygens (including phenoxy) is 3. The Balaban J connectivity index is 1.65. The number of carbonyl (C=O) groups excluding carboxylic acids is 1. The van der Waals surface area contributed by atoms with Gasteiger partial charge in [0, 0.05) is 5.56 Å². The van der Waals surface area contributed by atoms with Crippen molar-refractivity contribution < 1.29 is 23.5 Å². The summed E-state index contributed by atoms with van der Waals surface area (Å²) in [5, 5.41) is 6.98. The molecule has 0 aliphatic carbocycles. The second-order valence-corrected chi connectivity index (χ2v) is 7.29. The van der Waals surface area contributed by atoms with E-state index in [2.05, 4.69) is 15.5 Å². The van der Waals surface area contributed by atoms with Gasteiger partial charge in [0.15, 0.2) is 11.5 Å². The highest BCUT2D eigenvalue weighted by Crippen LogP contribution is 2.32. The fourth-order valence-electron chi connectivity index (χ4n) is 3.02. The van der Waals surface area contributed by atoms with Gasteiger partial charge in [0.05, 0.1) is 20.8 Å². The van der Waals surface area contributed by atoms with Crippen molar-refractivity contribution in [3.05, 3.63) is 60.0 Å². The number of methoxy groups -OCH3 is 2. The van der Waals surface area contributed by atoms with Gasteiger partial charge >= 0.3 is 0 Å². The molecular formula is C23H27N3O5. The van der Waals surface area contributed by atoms with E-state index in [4.69, 9.17) is 18.7 Å². The van der Waals surface area contributed by atoms with Crippen LogP contribution in [0.4, 0.5) is 0 Å². The first-order chi connectivity index (χ1) is 15.0. The van der Waals surface area contributed by atoms with Crippen LogP contribution < -0.4 is 14.8 Å². The average molecular weight is 425 g/mol. The number of rotatable bonds is 10. The van der Waals surface area contributed by atoms with Crippen LogP contribution >= 0.6 is 0 Å². The van der Waals surface area contributed by atoms with E-state index in [1.165, 1.54) is 0 Å². The summed E-state index contributed by atoms with van der Waals surface area (Å²) in [6.07, 6.45) is 0. The van der Waals surface area contributed by atoms with E-state index in [1.807, 2.05) is 50.2 Å². The Morgan fingerprint density at radius 3 is 2.48 bits per heavy atom. The lowest BCUT2D eigenvalue weighted by Gasteiger charge is -2.18. The van der Waals surface area contributed by atoms with E-state index in [1.54, 1.807) is 26.4 Å². The fourth-order valence-corrected chi connectivity index (χ4v) is 3.02. The Morgan fingerprint density at radius 1 is 1.06 bits per heavy atom. The van der Waals surface area contributed by atoms with Crippen LogP contribution in [-0.2, 0) is 16.1 Å². The smallest absolute Gasteiger partial charge is 0.249 e. The minimum atomic E-state index is -0.436. The maximum atomic E-state index is 12.4. The zero-order valence-corrected chi connectivity index (χ0v) is 18.1. The van der Waals surface area contributed by atoms with Gasteiger partial charge in [-0.05, 0) is 29.7 Å². The summed E-state index contributed by atoms with van der Waals surface area (Å²) in [6.45, 7) is 4.24. The van der Waals surface area contributed by atoms with Gasteiger partial charge < -0.3 is 24.1 Å². The zero-order chi connectivity index (χ0) is 22.2. The molecule has 1 atom stereocenters. The monoisotopic (exact) mass is 425 g/mol. The third kappa shape index (κ3) is 5.82. The maximum Gasteiger partial charge on any atom is 0.249 e. The van der Waals surface area contributed by atoms with Crippen molar-refractivity contribution in [3.8, 4) is 22.9 Å². The van der Waals surface area contributed by atoms with Gasteiger partial charge in [-0.3, -0.25) is 4.79 Å².